The number of hydrogen-bond donors (Lipinski definition) is 2. The third-order valence-electron chi connectivity index (χ3n) is 3.09. The van der Waals surface area contributed by atoms with Crippen LogP contribution in [0.15, 0.2) is 37.1 Å². The number of rotatable bonds is 3. The van der Waals surface area contributed by atoms with Crippen LogP contribution in [0, 0.1) is 6.92 Å². The van der Waals surface area contributed by atoms with Crippen LogP contribution in [0.5, 0.6) is 0 Å². The standard InChI is InChI=1S/C13H11N7S/c1-8-7-20-10(9-4-15-16-5-9)6-14-13(20)12(18-8)19-11-2-3-17-21-11/h2-7H,1H3,(H,15,16)(H,18,19). The third kappa shape index (κ3) is 2.05. The van der Waals surface area contributed by atoms with E-state index in [4.69, 9.17) is 0 Å². The molecule has 21 heavy (non-hydrogen) atoms. The molecule has 0 radical (unpaired) electrons. The molecule has 0 fully saturated rings. The molecule has 8 heteroatoms. The molecule has 4 aromatic rings. The van der Waals surface area contributed by atoms with E-state index in [9.17, 15) is 0 Å². The lowest BCUT2D eigenvalue weighted by Gasteiger charge is -2.07. The Kier molecular flexibility index (Phi) is 2.68. The molecule has 4 aromatic heterocycles. The van der Waals surface area contributed by atoms with E-state index in [2.05, 4.69) is 29.9 Å². The monoisotopic (exact) mass is 297 g/mol. The number of hydrogen-bond acceptors (Lipinski definition) is 6. The molecule has 0 atom stereocenters. The highest BCUT2D eigenvalue weighted by Gasteiger charge is 2.12. The van der Waals surface area contributed by atoms with Gasteiger partial charge in [0.15, 0.2) is 11.5 Å². The number of aromatic amines is 1. The van der Waals surface area contributed by atoms with Crippen LogP contribution >= 0.6 is 11.5 Å². The van der Waals surface area contributed by atoms with Crippen LogP contribution in [0.4, 0.5) is 10.8 Å². The quantitative estimate of drug-likeness (QED) is 0.607. The Bertz CT molecular complexity index is 877. The minimum absolute atomic E-state index is 0.717. The van der Waals surface area contributed by atoms with Crippen molar-refractivity contribution in [1.29, 1.82) is 0 Å². The van der Waals surface area contributed by atoms with Gasteiger partial charge in [-0.05, 0) is 24.5 Å². The molecule has 0 amide bonds. The van der Waals surface area contributed by atoms with Crippen LogP contribution in [-0.4, -0.2) is 28.9 Å². The molecule has 0 aliphatic rings. The normalized spacial score (nSPS) is 11.1. The van der Waals surface area contributed by atoms with Crippen LogP contribution in [0.1, 0.15) is 5.69 Å². The summed E-state index contributed by atoms with van der Waals surface area (Å²) in [5, 5.41) is 11.0. The predicted molar refractivity (Wildman–Crippen MR) is 80.7 cm³/mol. The van der Waals surface area contributed by atoms with E-state index in [1.807, 2.05) is 36.0 Å². The predicted octanol–water partition coefficient (Wildman–Crippen LogP) is 2.63. The fourth-order valence-electron chi connectivity index (χ4n) is 2.19. The molecule has 0 saturated heterocycles. The second-order valence-electron chi connectivity index (χ2n) is 4.56. The first-order valence-electron chi connectivity index (χ1n) is 6.33. The van der Waals surface area contributed by atoms with Crippen molar-refractivity contribution in [3.05, 3.63) is 42.7 Å². The summed E-state index contributed by atoms with van der Waals surface area (Å²) in [6.07, 6.45) is 9.15. The molecule has 104 valence electrons. The average Bonchev–Trinajstić information content (AvgIpc) is 3.18. The Hall–Kier alpha value is -2.74. The van der Waals surface area contributed by atoms with Gasteiger partial charge in [0.25, 0.3) is 0 Å². The van der Waals surface area contributed by atoms with Crippen molar-refractivity contribution >= 4 is 28.0 Å². The third-order valence-corrected chi connectivity index (χ3v) is 3.75. The number of nitrogens with one attached hydrogen (secondary N) is 2. The Balaban J connectivity index is 1.88. The molecule has 0 aliphatic carbocycles. The zero-order valence-electron chi connectivity index (χ0n) is 11.1. The van der Waals surface area contributed by atoms with Crippen LogP contribution in [0.3, 0.4) is 0 Å². The highest BCUT2D eigenvalue weighted by Crippen LogP contribution is 2.26. The van der Waals surface area contributed by atoms with Crippen LogP contribution in [0.2, 0.25) is 0 Å². The van der Waals surface area contributed by atoms with Crippen molar-refractivity contribution in [3.63, 3.8) is 0 Å². The highest BCUT2D eigenvalue weighted by molar-refractivity contribution is 7.10. The molecule has 4 heterocycles. The first kappa shape index (κ1) is 12.0. The summed E-state index contributed by atoms with van der Waals surface area (Å²) in [4.78, 5) is 9.01. The Labute approximate surface area is 123 Å². The van der Waals surface area contributed by atoms with Crippen LogP contribution < -0.4 is 5.32 Å². The number of aryl methyl sites for hydroxylation is 1. The van der Waals surface area contributed by atoms with Crippen molar-refractivity contribution in [2.75, 3.05) is 5.32 Å². The summed E-state index contributed by atoms with van der Waals surface area (Å²) in [6.45, 7) is 1.95. The molecular weight excluding hydrogens is 286 g/mol. The van der Waals surface area contributed by atoms with Crippen molar-refractivity contribution < 1.29 is 0 Å². The number of H-pyrrole nitrogens is 1. The van der Waals surface area contributed by atoms with E-state index in [-0.39, 0.29) is 0 Å². The molecular formula is C13H11N7S. The first-order chi connectivity index (χ1) is 10.3. The van der Waals surface area contributed by atoms with Gasteiger partial charge >= 0.3 is 0 Å². The van der Waals surface area contributed by atoms with E-state index in [0.717, 1.165) is 27.6 Å². The zero-order chi connectivity index (χ0) is 14.2. The maximum absolute atomic E-state index is 4.53. The maximum Gasteiger partial charge on any atom is 0.180 e. The zero-order valence-corrected chi connectivity index (χ0v) is 11.9. The number of aromatic nitrogens is 6. The van der Waals surface area contributed by atoms with Gasteiger partial charge in [-0.15, -0.1) is 0 Å². The molecule has 0 aromatic carbocycles. The first-order valence-corrected chi connectivity index (χ1v) is 7.10. The second-order valence-corrected chi connectivity index (χ2v) is 5.39. The van der Waals surface area contributed by atoms with Gasteiger partial charge < -0.3 is 5.32 Å². The SMILES string of the molecule is Cc1cn2c(-c3cn[nH]c3)cnc2c(Nc2ccns2)n1. The number of imidazole rings is 1. The summed E-state index contributed by atoms with van der Waals surface area (Å²) in [6, 6.07) is 1.91. The number of anilines is 2. The van der Waals surface area contributed by atoms with Crippen molar-refractivity contribution in [1.82, 2.24) is 28.9 Å². The molecule has 7 nitrogen and oxygen atoms in total. The molecule has 0 unspecified atom stereocenters. The molecule has 4 rings (SSSR count). The Morgan fingerprint density at radius 2 is 2.29 bits per heavy atom. The van der Waals surface area contributed by atoms with Gasteiger partial charge in [0.1, 0.15) is 5.00 Å². The Morgan fingerprint density at radius 1 is 1.33 bits per heavy atom. The van der Waals surface area contributed by atoms with E-state index in [0.29, 0.717) is 5.82 Å². The lowest BCUT2D eigenvalue weighted by atomic mass is 10.3. The second kappa shape index (κ2) is 4.67. The number of fused-ring (bicyclic) bond motifs is 1. The molecule has 0 spiro atoms. The van der Waals surface area contributed by atoms with Crippen molar-refractivity contribution in [3.8, 4) is 11.3 Å². The van der Waals surface area contributed by atoms with E-state index in [1.165, 1.54) is 11.5 Å². The van der Waals surface area contributed by atoms with Gasteiger partial charge in [-0.3, -0.25) is 9.50 Å². The smallest absolute Gasteiger partial charge is 0.180 e. The fraction of sp³-hybridized carbons (Fsp3) is 0.0769. The minimum atomic E-state index is 0.717. The van der Waals surface area contributed by atoms with Gasteiger partial charge in [0.05, 0.1) is 23.8 Å². The molecule has 0 aliphatic heterocycles. The largest absolute Gasteiger partial charge is 0.328 e. The van der Waals surface area contributed by atoms with Gasteiger partial charge in [0, 0.05) is 24.2 Å². The summed E-state index contributed by atoms with van der Waals surface area (Å²) in [5.41, 5.74) is 3.62. The highest BCUT2D eigenvalue weighted by atomic mass is 32.1. The van der Waals surface area contributed by atoms with Gasteiger partial charge in [-0.2, -0.15) is 9.47 Å². The lowest BCUT2D eigenvalue weighted by Crippen LogP contribution is -2.00. The van der Waals surface area contributed by atoms with Crippen LogP contribution in [-0.2, 0) is 0 Å². The topological polar surface area (TPSA) is 83.8 Å². The van der Waals surface area contributed by atoms with Gasteiger partial charge in [-0.25, -0.2) is 9.97 Å². The van der Waals surface area contributed by atoms with E-state index < -0.39 is 0 Å². The molecule has 0 saturated carbocycles. The summed E-state index contributed by atoms with van der Waals surface area (Å²) in [5.74, 6) is 0.717. The summed E-state index contributed by atoms with van der Waals surface area (Å²) >= 11 is 1.38. The maximum atomic E-state index is 4.53. The van der Waals surface area contributed by atoms with E-state index >= 15 is 0 Å². The summed E-state index contributed by atoms with van der Waals surface area (Å²) in [7, 11) is 0. The van der Waals surface area contributed by atoms with Crippen molar-refractivity contribution in [2.24, 2.45) is 0 Å². The molecule has 2 N–H and O–H groups in total. The average molecular weight is 297 g/mol. The number of nitrogens with zero attached hydrogens (tertiary/aromatic N) is 5. The van der Waals surface area contributed by atoms with E-state index in [1.54, 1.807) is 12.4 Å². The fourth-order valence-corrected chi connectivity index (χ4v) is 2.69. The van der Waals surface area contributed by atoms with Gasteiger partial charge in [0.2, 0.25) is 0 Å². The van der Waals surface area contributed by atoms with Crippen LogP contribution in [0.25, 0.3) is 16.9 Å². The minimum Gasteiger partial charge on any atom is -0.328 e. The molecule has 0 bridgehead atoms. The summed E-state index contributed by atoms with van der Waals surface area (Å²) < 4.78 is 6.09. The lowest BCUT2D eigenvalue weighted by molar-refractivity contribution is 1.08. The van der Waals surface area contributed by atoms with Gasteiger partial charge in [-0.1, -0.05) is 0 Å². The van der Waals surface area contributed by atoms with Crippen molar-refractivity contribution in [2.45, 2.75) is 6.92 Å². The Morgan fingerprint density at radius 3 is 3.05 bits per heavy atom.